The van der Waals surface area contributed by atoms with Crippen LogP contribution < -0.4 is 0 Å². The summed E-state index contributed by atoms with van der Waals surface area (Å²) in [5, 5.41) is 15.6. The number of hydrogen-bond acceptors (Lipinski definition) is 3. The Hall–Kier alpha value is -2.20. The molecule has 0 aliphatic rings. The molecule has 1 N–H and O–H groups in total. The maximum absolute atomic E-state index is 10.4. The highest BCUT2D eigenvalue weighted by Gasteiger charge is 2.13. The molecule has 0 spiro atoms. The Kier molecular flexibility index (Phi) is 3.01. The van der Waals surface area contributed by atoms with Crippen molar-refractivity contribution < 1.29 is 5.11 Å². The quantitative estimate of drug-likeness (QED) is 0.780. The zero-order chi connectivity index (χ0) is 13.2. The molecule has 3 rings (SSSR count). The second kappa shape index (κ2) is 4.82. The smallest absolute Gasteiger partial charge is 0.107 e. The van der Waals surface area contributed by atoms with Crippen LogP contribution in [0.5, 0.6) is 0 Å². The summed E-state index contributed by atoms with van der Waals surface area (Å²) < 4.78 is 1.80. The monoisotopic (exact) mass is 253 g/mol. The summed E-state index contributed by atoms with van der Waals surface area (Å²) in [6.45, 7) is 2.81. The molecule has 4 heteroatoms. The minimum atomic E-state index is -0.660. The van der Waals surface area contributed by atoms with Crippen LogP contribution in [-0.4, -0.2) is 19.9 Å². The largest absolute Gasteiger partial charge is 0.384 e. The second-order valence-corrected chi connectivity index (χ2v) is 4.49. The van der Waals surface area contributed by atoms with Crippen molar-refractivity contribution in [3.63, 3.8) is 0 Å². The molecular formula is C15H15N3O. The molecule has 0 saturated carbocycles. The van der Waals surface area contributed by atoms with E-state index >= 15 is 0 Å². The Balaban J connectivity index is 1.98. The number of fused-ring (bicyclic) bond motifs is 1. The number of aromatic nitrogens is 3. The van der Waals surface area contributed by atoms with Crippen LogP contribution in [0.2, 0.25) is 0 Å². The summed E-state index contributed by atoms with van der Waals surface area (Å²) in [5.41, 5.74) is 2.53. The van der Waals surface area contributed by atoms with Gasteiger partial charge in [0.2, 0.25) is 0 Å². The van der Waals surface area contributed by atoms with Gasteiger partial charge in [-0.3, -0.25) is 9.67 Å². The molecular weight excluding hydrogens is 238 g/mol. The van der Waals surface area contributed by atoms with Crippen LogP contribution in [0, 0.1) is 0 Å². The van der Waals surface area contributed by atoms with E-state index in [1.54, 1.807) is 17.1 Å². The summed E-state index contributed by atoms with van der Waals surface area (Å²) >= 11 is 0. The maximum Gasteiger partial charge on any atom is 0.107 e. The molecule has 0 aliphatic carbocycles. The Morgan fingerprint density at radius 2 is 2.16 bits per heavy atom. The Labute approximate surface area is 111 Å². The topological polar surface area (TPSA) is 50.9 Å². The lowest BCUT2D eigenvalue weighted by molar-refractivity contribution is 0.220. The van der Waals surface area contributed by atoms with E-state index in [9.17, 15) is 5.11 Å². The number of aryl methyl sites for hydroxylation is 1. The molecule has 2 heterocycles. The van der Waals surface area contributed by atoms with E-state index in [2.05, 4.69) is 10.1 Å². The molecule has 19 heavy (non-hydrogen) atoms. The van der Waals surface area contributed by atoms with Crippen molar-refractivity contribution in [1.29, 1.82) is 0 Å². The van der Waals surface area contributed by atoms with Crippen LogP contribution in [0.1, 0.15) is 24.2 Å². The molecule has 0 saturated heterocycles. The fourth-order valence-electron chi connectivity index (χ4n) is 2.14. The first-order valence-electron chi connectivity index (χ1n) is 6.33. The van der Waals surface area contributed by atoms with E-state index in [4.69, 9.17) is 0 Å². The summed E-state index contributed by atoms with van der Waals surface area (Å²) in [6.07, 6.45) is 4.67. The van der Waals surface area contributed by atoms with Gasteiger partial charge in [-0.05, 0) is 24.6 Å². The zero-order valence-corrected chi connectivity index (χ0v) is 10.7. The van der Waals surface area contributed by atoms with Gasteiger partial charge in [-0.2, -0.15) is 5.10 Å². The number of nitrogens with zero attached hydrogens (tertiary/aromatic N) is 3. The lowest BCUT2D eigenvalue weighted by Crippen LogP contribution is -1.99. The SMILES string of the molecule is CCn1cc(C(O)c2ccc3cccnc3c2)cn1. The first-order valence-corrected chi connectivity index (χ1v) is 6.33. The Morgan fingerprint density at radius 3 is 2.95 bits per heavy atom. The number of hydrogen-bond donors (Lipinski definition) is 1. The second-order valence-electron chi connectivity index (χ2n) is 4.49. The van der Waals surface area contributed by atoms with Gasteiger partial charge in [-0.1, -0.05) is 18.2 Å². The normalized spacial score (nSPS) is 12.7. The van der Waals surface area contributed by atoms with Gasteiger partial charge >= 0.3 is 0 Å². The van der Waals surface area contributed by atoms with E-state index in [1.807, 2.05) is 43.5 Å². The molecule has 1 aromatic carbocycles. The van der Waals surface area contributed by atoms with E-state index in [0.717, 1.165) is 28.6 Å². The highest BCUT2D eigenvalue weighted by atomic mass is 16.3. The van der Waals surface area contributed by atoms with Crippen molar-refractivity contribution in [1.82, 2.24) is 14.8 Å². The van der Waals surface area contributed by atoms with Crippen LogP contribution in [-0.2, 0) is 6.54 Å². The summed E-state index contributed by atoms with van der Waals surface area (Å²) in [7, 11) is 0. The molecule has 4 nitrogen and oxygen atoms in total. The van der Waals surface area contributed by atoms with Crippen LogP contribution in [0.3, 0.4) is 0 Å². The van der Waals surface area contributed by atoms with Crippen molar-refractivity contribution in [3.8, 4) is 0 Å². The van der Waals surface area contributed by atoms with Crippen LogP contribution in [0.15, 0.2) is 48.9 Å². The van der Waals surface area contributed by atoms with Crippen LogP contribution in [0.25, 0.3) is 10.9 Å². The van der Waals surface area contributed by atoms with Gasteiger partial charge in [0.1, 0.15) is 6.10 Å². The average molecular weight is 253 g/mol. The molecule has 0 radical (unpaired) electrons. The van der Waals surface area contributed by atoms with Crippen molar-refractivity contribution in [3.05, 3.63) is 60.0 Å². The van der Waals surface area contributed by atoms with Gasteiger partial charge < -0.3 is 5.11 Å². The Bertz CT molecular complexity index is 705. The number of aliphatic hydroxyl groups is 1. The lowest BCUT2D eigenvalue weighted by atomic mass is 10.0. The number of aliphatic hydroxyl groups excluding tert-OH is 1. The summed E-state index contributed by atoms with van der Waals surface area (Å²) in [6, 6.07) is 9.74. The highest BCUT2D eigenvalue weighted by Crippen LogP contribution is 2.24. The zero-order valence-electron chi connectivity index (χ0n) is 10.7. The standard InChI is InChI=1S/C15H15N3O/c1-2-18-10-13(9-17-18)15(19)12-6-5-11-4-3-7-16-14(11)8-12/h3-10,15,19H,2H2,1H3. The number of rotatable bonds is 3. The molecule has 1 atom stereocenters. The number of benzene rings is 1. The van der Waals surface area contributed by atoms with Crippen molar-refractivity contribution in [2.75, 3.05) is 0 Å². The van der Waals surface area contributed by atoms with Gasteiger partial charge in [0.15, 0.2) is 0 Å². The van der Waals surface area contributed by atoms with E-state index in [0.29, 0.717) is 0 Å². The van der Waals surface area contributed by atoms with E-state index in [-0.39, 0.29) is 0 Å². The third kappa shape index (κ3) is 2.22. The molecule has 0 bridgehead atoms. The molecule has 96 valence electrons. The van der Waals surface area contributed by atoms with Gasteiger partial charge in [0.05, 0.1) is 11.7 Å². The molecule has 0 amide bonds. The summed E-state index contributed by atoms with van der Waals surface area (Å²) in [4.78, 5) is 4.31. The van der Waals surface area contributed by atoms with Gasteiger partial charge in [-0.15, -0.1) is 0 Å². The lowest BCUT2D eigenvalue weighted by Gasteiger charge is -2.09. The molecule has 3 aromatic rings. The molecule has 0 aliphatic heterocycles. The highest BCUT2D eigenvalue weighted by molar-refractivity contribution is 5.79. The third-order valence-corrected chi connectivity index (χ3v) is 3.24. The molecule has 0 fully saturated rings. The minimum absolute atomic E-state index is 0.660. The predicted molar refractivity (Wildman–Crippen MR) is 73.7 cm³/mol. The van der Waals surface area contributed by atoms with Crippen molar-refractivity contribution in [2.24, 2.45) is 0 Å². The maximum atomic E-state index is 10.4. The minimum Gasteiger partial charge on any atom is -0.384 e. The number of pyridine rings is 1. The van der Waals surface area contributed by atoms with Gasteiger partial charge in [-0.25, -0.2) is 0 Å². The molecule has 1 unspecified atom stereocenters. The Morgan fingerprint density at radius 1 is 1.26 bits per heavy atom. The van der Waals surface area contributed by atoms with Crippen LogP contribution >= 0.6 is 0 Å². The first-order chi connectivity index (χ1) is 9.28. The van der Waals surface area contributed by atoms with Gasteiger partial charge in [0, 0.05) is 29.9 Å². The fraction of sp³-hybridized carbons (Fsp3) is 0.200. The van der Waals surface area contributed by atoms with E-state index in [1.165, 1.54) is 0 Å². The van der Waals surface area contributed by atoms with Crippen LogP contribution in [0.4, 0.5) is 0 Å². The third-order valence-electron chi connectivity index (χ3n) is 3.24. The van der Waals surface area contributed by atoms with Crippen molar-refractivity contribution in [2.45, 2.75) is 19.6 Å². The van der Waals surface area contributed by atoms with Gasteiger partial charge in [0.25, 0.3) is 0 Å². The average Bonchev–Trinajstić information content (AvgIpc) is 2.95. The van der Waals surface area contributed by atoms with Crippen molar-refractivity contribution >= 4 is 10.9 Å². The predicted octanol–water partition coefficient (Wildman–Crippen LogP) is 2.53. The molecule has 2 aromatic heterocycles. The van der Waals surface area contributed by atoms with E-state index < -0.39 is 6.10 Å². The summed E-state index contributed by atoms with van der Waals surface area (Å²) in [5.74, 6) is 0. The first kappa shape index (κ1) is 11.9. The fourth-order valence-corrected chi connectivity index (χ4v) is 2.14.